The highest BCUT2D eigenvalue weighted by molar-refractivity contribution is 7.99. The molecule has 2 aromatic carbocycles. The van der Waals surface area contributed by atoms with Gasteiger partial charge in [0.25, 0.3) is 0 Å². The number of carbonyl (C=O) groups excluding carboxylic acids is 2. The molecule has 0 aromatic heterocycles. The minimum atomic E-state index is -0.634. The second-order valence-electron chi connectivity index (χ2n) is 7.21. The van der Waals surface area contributed by atoms with E-state index < -0.39 is 6.04 Å². The zero-order valence-electron chi connectivity index (χ0n) is 17.7. The summed E-state index contributed by atoms with van der Waals surface area (Å²) in [6.45, 7) is 4.60. The van der Waals surface area contributed by atoms with E-state index in [-0.39, 0.29) is 29.9 Å². The highest BCUT2D eigenvalue weighted by atomic mass is 35.5. The van der Waals surface area contributed by atoms with Crippen molar-refractivity contribution in [2.45, 2.75) is 45.0 Å². The molecular weight excluding hydrogens is 458 g/mol. The number of nitrogens with one attached hydrogen (secondary N) is 1. The van der Waals surface area contributed by atoms with Crippen LogP contribution in [0.2, 0.25) is 10.0 Å². The molecule has 1 atom stereocenters. The van der Waals surface area contributed by atoms with Gasteiger partial charge in [0, 0.05) is 18.8 Å². The molecule has 8 heteroatoms. The first-order chi connectivity index (χ1) is 14.8. The lowest BCUT2D eigenvalue weighted by atomic mass is 10.1. The monoisotopic (exact) mass is 484 g/mol. The Kier molecular flexibility index (Phi) is 10.6. The van der Waals surface area contributed by atoms with Crippen LogP contribution in [0.15, 0.2) is 42.5 Å². The summed E-state index contributed by atoms with van der Waals surface area (Å²) >= 11 is 13.5. The molecule has 2 amide bonds. The Morgan fingerprint density at radius 3 is 2.42 bits per heavy atom. The van der Waals surface area contributed by atoms with Crippen molar-refractivity contribution in [3.8, 4) is 0 Å². The summed E-state index contributed by atoms with van der Waals surface area (Å²) in [5.74, 6) is 0.136. The summed E-state index contributed by atoms with van der Waals surface area (Å²) in [5.41, 5.74) is 1.72. The number of benzene rings is 2. The van der Waals surface area contributed by atoms with Gasteiger partial charge in [-0.15, -0.1) is 11.8 Å². The maximum atomic E-state index is 13.1. The molecule has 0 radical (unpaired) electrons. The van der Waals surface area contributed by atoms with Crippen LogP contribution in [0.25, 0.3) is 0 Å². The fourth-order valence-corrected chi connectivity index (χ4v) is 4.06. The summed E-state index contributed by atoms with van der Waals surface area (Å²) < 4.78 is 13.1. The molecule has 4 nitrogen and oxygen atoms in total. The smallest absolute Gasteiger partial charge is 0.242 e. The van der Waals surface area contributed by atoms with Crippen LogP contribution in [0.3, 0.4) is 0 Å². The summed E-state index contributed by atoms with van der Waals surface area (Å²) in [4.78, 5) is 27.2. The fourth-order valence-electron chi connectivity index (χ4n) is 2.87. The molecule has 0 saturated heterocycles. The van der Waals surface area contributed by atoms with Crippen LogP contribution in [-0.2, 0) is 21.9 Å². The lowest BCUT2D eigenvalue weighted by Gasteiger charge is -2.29. The third-order valence-corrected chi connectivity index (χ3v) is 6.47. The SMILES string of the molecule is CCCCNC(=O)[C@@H](C)N(Cc1ccc(Cl)c(Cl)c1)C(=O)CSCc1ccc(F)cc1. The van der Waals surface area contributed by atoms with Crippen LogP contribution < -0.4 is 5.32 Å². The van der Waals surface area contributed by atoms with E-state index in [1.54, 1.807) is 42.2 Å². The molecule has 0 unspecified atom stereocenters. The van der Waals surface area contributed by atoms with Crippen molar-refractivity contribution in [1.82, 2.24) is 10.2 Å². The van der Waals surface area contributed by atoms with E-state index in [0.717, 1.165) is 24.0 Å². The van der Waals surface area contributed by atoms with Crippen LogP contribution in [0.1, 0.15) is 37.8 Å². The molecule has 0 aliphatic carbocycles. The Hall–Kier alpha value is -1.76. The maximum absolute atomic E-state index is 13.1. The second kappa shape index (κ2) is 12.9. The Bertz CT molecular complexity index is 880. The fraction of sp³-hybridized carbons (Fsp3) is 0.391. The highest BCUT2D eigenvalue weighted by Gasteiger charge is 2.26. The molecule has 168 valence electrons. The molecule has 0 saturated carbocycles. The first-order valence-electron chi connectivity index (χ1n) is 10.1. The number of unbranched alkanes of at least 4 members (excludes halogenated alkanes) is 1. The van der Waals surface area contributed by atoms with Gasteiger partial charge < -0.3 is 10.2 Å². The Balaban J connectivity index is 2.06. The van der Waals surface area contributed by atoms with Crippen LogP contribution in [0, 0.1) is 5.82 Å². The topological polar surface area (TPSA) is 49.4 Å². The van der Waals surface area contributed by atoms with E-state index >= 15 is 0 Å². The third kappa shape index (κ3) is 8.36. The average Bonchev–Trinajstić information content (AvgIpc) is 2.75. The molecular formula is C23H27Cl2FN2O2S. The Morgan fingerprint density at radius 1 is 1.10 bits per heavy atom. The molecule has 31 heavy (non-hydrogen) atoms. The zero-order valence-corrected chi connectivity index (χ0v) is 20.0. The van der Waals surface area contributed by atoms with Gasteiger partial charge in [0.2, 0.25) is 11.8 Å². The minimum Gasteiger partial charge on any atom is -0.354 e. The predicted molar refractivity (Wildman–Crippen MR) is 127 cm³/mol. The molecule has 0 heterocycles. The van der Waals surface area contributed by atoms with Crippen molar-refractivity contribution in [3.05, 3.63) is 69.5 Å². The molecule has 2 aromatic rings. The largest absolute Gasteiger partial charge is 0.354 e. The van der Waals surface area contributed by atoms with Crippen LogP contribution in [-0.4, -0.2) is 35.1 Å². The van der Waals surface area contributed by atoms with Crippen LogP contribution in [0.5, 0.6) is 0 Å². The standard InChI is InChI=1S/C23H27Cl2FN2O2S/c1-3-4-11-27-23(30)16(2)28(13-18-7-10-20(24)21(25)12-18)22(29)15-31-14-17-5-8-19(26)9-6-17/h5-10,12,16H,3-4,11,13-15H2,1-2H3,(H,27,30)/t16-/m1/s1. The lowest BCUT2D eigenvalue weighted by Crippen LogP contribution is -2.48. The number of carbonyl (C=O) groups is 2. The van der Waals surface area contributed by atoms with E-state index in [4.69, 9.17) is 23.2 Å². The van der Waals surface area contributed by atoms with Gasteiger partial charge in [-0.3, -0.25) is 9.59 Å². The summed E-state index contributed by atoms with van der Waals surface area (Å²) in [5, 5.41) is 3.72. The number of amides is 2. The number of hydrogen-bond donors (Lipinski definition) is 1. The number of hydrogen-bond acceptors (Lipinski definition) is 3. The Labute approximate surface area is 197 Å². The van der Waals surface area contributed by atoms with Crippen molar-refractivity contribution < 1.29 is 14.0 Å². The second-order valence-corrected chi connectivity index (χ2v) is 9.01. The average molecular weight is 485 g/mol. The zero-order chi connectivity index (χ0) is 22.8. The van der Waals surface area contributed by atoms with Gasteiger partial charge >= 0.3 is 0 Å². The van der Waals surface area contributed by atoms with E-state index in [0.29, 0.717) is 22.3 Å². The minimum absolute atomic E-state index is 0.156. The van der Waals surface area contributed by atoms with E-state index in [9.17, 15) is 14.0 Å². The van der Waals surface area contributed by atoms with Crippen molar-refractivity contribution in [2.75, 3.05) is 12.3 Å². The summed E-state index contributed by atoms with van der Waals surface area (Å²) in [7, 11) is 0. The first kappa shape index (κ1) is 25.5. The molecule has 0 aliphatic heterocycles. The highest BCUT2D eigenvalue weighted by Crippen LogP contribution is 2.24. The summed E-state index contributed by atoms with van der Waals surface area (Å²) in [6, 6.07) is 10.7. The molecule has 0 fully saturated rings. The predicted octanol–water partition coefficient (Wildman–Crippen LogP) is 5.70. The van der Waals surface area contributed by atoms with Crippen molar-refractivity contribution in [2.24, 2.45) is 0 Å². The quantitative estimate of drug-likeness (QED) is 0.416. The normalized spacial score (nSPS) is 11.8. The van der Waals surface area contributed by atoms with Crippen molar-refractivity contribution >= 4 is 46.8 Å². The van der Waals surface area contributed by atoms with Crippen LogP contribution >= 0.6 is 35.0 Å². The number of halogens is 3. The molecule has 0 bridgehead atoms. The maximum Gasteiger partial charge on any atom is 0.242 e. The molecule has 1 N–H and O–H groups in total. The van der Waals surface area contributed by atoms with Gasteiger partial charge in [-0.1, -0.05) is 54.7 Å². The van der Waals surface area contributed by atoms with Gasteiger partial charge in [0.1, 0.15) is 11.9 Å². The van der Waals surface area contributed by atoms with Gasteiger partial charge in [-0.2, -0.15) is 0 Å². The summed E-state index contributed by atoms with van der Waals surface area (Å²) in [6.07, 6.45) is 1.85. The van der Waals surface area contributed by atoms with Gasteiger partial charge in [0.15, 0.2) is 0 Å². The third-order valence-electron chi connectivity index (χ3n) is 4.74. The van der Waals surface area contributed by atoms with Crippen LogP contribution in [0.4, 0.5) is 4.39 Å². The number of thioether (sulfide) groups is 1. The van der Waals surface area contributed by atoms with Gasteiger partial charge in [-0.05, 0) is 48.7 Å². The number of rotatable bonds is 11. The van der Waals surface area contributed by atoms with E-state index in [2.05, 4.69) is 5.32 Å². The van der Waals surface area contributed by atoms with Crippen molar-refractivity contribution in [3.63, 3.8) is 0 Å². The lowest BCUT2D eigenvalue weighted by molar-refractivity contribution is -0.138. The molecule has 2 rings (SSSR count). The molecule has 0 spiro atoms. The van der Waals surface area contributed by atoms with Crippen molar-refractivity contribution in [1.29, 1.82) is 0 Å². The molecule has 0 aliphatic rings. The first-order valence-corrected chi connectivity index (χ1v) is 12.1. The van der Waals surface area contributed by atoms with E-state index in [1.807, 2.05) is 6.92 Å². The van der Waals surface area contributed by atoms with Gasteiger partial charge in [0.05, 0.1) is 15.8 Å². The Morgan fingerprint density at radius 2 is 1.77 bits per heavy atom. The van der Waals surface area contributed by atoms with Gasteiger partial charge in [-0.25, -0.2) is 4.39 Å². The number of nitrogens with zero attached hydrogens (tertiary/aromatic N) is 1. The van der Waals surface area contributed by atoms with E-state index in [1.165, 1.54) is 23.9 Å².